The van der Waals surface area contributed by atoms with Crippen molar-refractivity contribution in [2.24, 2.45) is 5.73 Å². The molecule has 0 bridgehead atoms. The molecule has 0 radical (unpaired) electrons. The number of hydrogen-bond donors (Lipinski definition) is 1. The fourth-order valence-electron chi connectivity index (χ4n) is 1.22. The van der Waals surface area contributed by atoms with Gasteiger partial charge in [0, 0.05) is 11.1 Å². The quantitative estimate of drug-likeness (QED) is 0.781. The van der Waals surface area contributed by atoms with Gasteiger partial charge in [0.2, 0.25) is 0 Å². The van der Waals surface area contributed by atoms with E-state index < -0.39 is 0 Å². The molecular weight excluding hydrogens is 198 g/mol. The first kappa shape index (κ1) is 9.37. The first-order valence-corrected chi connectivity index (χ1v) is 4.72. The van der Waals surface area contributed by atoms with Crippen LogP contribution in [0.25, 0.3) is 11.0 Å². The van der Waals surface area contributed by atoms with Crippen molar-refractivity contribution >= 4 is 22.6 Å². The molecule has 0 saturated heterocycles. The molecule has 0 aliphatic heterocycles. The van der Waals surface area contributed by atoms with Gasteiger partial charge in [0.1, 0.15) is 0 Å². The summed E-state index contributed by atoms with van der Waals surface area (Å²) >= 11 is 5.85. The molecule has 2 aromatic rings. The standard InChI is InChI=1S/C10H10ClN3/c1-6(12)10-5-13-8-3-2-7(11)4-9(8)14-10/h2-6H,12H2,1H3/t6-/m0/s1. The monoisotopic (exact) mass is 207 g/mol. The maximum absolute atomic E-state index is 5.85. The summed E-state index contributed by atoms with van der Waals surface area (Å²) in [4.78, 5) is 8.61. The van der Waals surface area contributed by atoms with E-state index in [2.05, 4.69) is 9.97 Å². The van der Waals surface area contributed by atoms with E-state index >= 15 is 0 Å². The summed E-state index contributed by atoms with van der Waals surface area (Å²) < 4.78 is 0. The minimum absolute atomic E-state index is 0.106. The Morgan fingerprint density at radius 1 is 1.36 bits per heavy atom. The number of nitrogens with two attached hydrogens (primary N) is 1. The topological polar surface area (TPSA) is 51.8 Å². The van der Waals surface area contributed by atoms with E-state index in [0.717, 1.165) is 16.7 Å². The van der Waals surface area contributed by atoms with Gasteiger partial charge in [-0.15, -0.1) is 0 Å². The van der Waals surface area contributed by atoms with Crippen LogP contribution in [0, 0.1) is 0 Å². The molecule has 0 unspecified atom stereocenters. The van der Waals surface area contributed by atoms with E-state index in [1.165, 1.54) is 0 Å². The normalized spacial score (nSPS) is 13.1. The number of nitrogens with zero attached hydrogens (tertiary/aromatic N) is 2. The van der Waals surface area contributed by atoms with Gasteiger partial charge in [-0.3, -0.25) is 4.98 Å². The van der Waals surface area contributed by atoms with Crippen molar-refractivity contribution in [2.45, 2.75) is 13.0 Å². The highest BCUT2D eigenvalue weighted by molar-refractivity contribution is 6.31. The van der Waals surface area contributed by atoms with Gasteiger partial charge in [-0.2, -0.15) is 0 Å². The van der Waals surface area contributed by atoms with Gasteiger partial charge in [0.15, 0.2) is 0 Å². The van der Waals surface area contributed by atoms with Crippen molar-refractivity contribution < 1.29 is 0 Å². The predicted octanol–water partition coefficient (Wildman–Crippen LogP) is 2.30. The van der Waals surface area contributed by atoms with Crippen LogP contribution in [0.2, 0.25) is 5.02 Å². The van der Waals surface area contributed by atoms with Gasteiger partial charge in [0.25, 0.3) is 0 Å². The minimum atomic E-state index is -0.106. The van der Waals surface area contributed by atoms with Crippen LogP contribution in [-0.2, 0) is 0 Å². The second kappa shape index (κ2) is 3.52. The summed E-state index contributed by atoms with van der Waals surface area (Å²) in [7, 11) is 0. The number of benzene rings is 1. The zero-order valence-corrected chi connectivity index (χ0v) is 8.49. The largest absolute Gasteiger partial charge is 0.323 e. The Morgan fingerprint density at radius 2 is 2.14 bits per heavy atom. The van der Waals surface area contributed by atoms with Gasteiger partial charge in [0.05, 0.1) is 22.9 Å². The van der Waals surface area contributed by atoms with Crippen molar-refractivity contribution in [1.29, 1.82) is 0 Å². The van der Waals surface area contributed by atoms with Gasteiger partial charge in [-0.05, 0) is 25.1 Å². The molecule has 4 heteroatoms. The van der Waals surface area contributed by atoms with Crippen LogP contribution in [0.5, 0.6) is 0 Å². The van der Waals surface area contributed by atoms with E-state index in [0.29, 0.717) is 5.02 Å². The molecule has 1 atom stereocenters. The number of aromatic nitrogens is 2. The Morgan fingerprint density at radius 3 is 2.86 bits per heavy atom. The first-order chi connectivity index (χ1) is 6.66. The third kappa shape index (κ3) is 1.69. The number of rotatable bonds is 1. The minimum Gasteiger partial charge on any atom is -0.323 e. The maximum atomic E-state index is 5.85. The summed E-state index contributed by atoms with van der Waals surface area (Å²) in [5.74, 6) is 0. The van der Waals surface area contributed by atoms with E-state index in [4.69, 9.17) is 17.3 Å². The molecule has 0 spiro atoms. The van der Waals surface area contributed by atoms with Crippen LogP contribution in [0.15, 0.2) is 24.4 Å². The van der Waals surface area contributed by atoms with Crippen LogP contribution in [0.3, 0.4) is 0 Å². The third-order valence-electron chi connectivity index (χ3n) is 1.99. The highest BCUT2D eigenvalue weighted by Gasteiger charge is 2.03. The lowest BCUT2D eigenvalue weighted by molar-refractivity contribution is 0.780. The SMILES string of the molecule is C[C@H](N)c1cnc2ccc(Cl)cc2n1. The summed E-state index contributed by atoms with van der Waals surface area (Å²) in [6.45, 7) is 1.88. The number of fused-ring (bicyclic) bond motifs is 1. The van der Waals surface area contributed by atoms with Crippen LogP contribution in [0.1, 0.15) is 18.7 Å². The van der Waals surface area contributed by atoms with Crippen LogP contribution in [0.4, 0.5) is 0 Å². The molecule has 0 saturated carbocycles. The Hall–Kier alpha value is -1.19. The van der Waals surface area contributed by atoms with E-state index in [1.807, 2.05) is 13.0 Å². The maximum Gasteiger partial charge on any atom is 0.0905 e. The van der Waals surface area contributed by atoms with Gasteiger partial charge < -0.3 is 5.73 Å². The Balaban J connectivity index is 2.63. The molecule has 3 nitrogen and oxygen atoms in total. The highest BCUT2D eigenvalue weighted by atomic mass is 35.5. The smallest absolute Gasteiger partial charge is 0.0905 e. The Bertz CT molecular complexity index is 468. The molecule has 1 heterocycles. The average Bonchev–Trinajstić information content (AvgIpc) is 2.16. The fraction of sp³-hybridized carbons (Fsp3) is 0.200. The molecule has 72 valence electrons. The molecule has 2 rings (SSSR count). The van der Waals surface area contributed by atoms with E-state index in [1.54, 1.807) is 18.3 Å². The zero-order valence-electron chi connectivity index (χ0n) is 7.74. The van der Waals surface area contributed by atoms with Crippen LogP contribution < -0.4 is 5.73 Å². The second-order valence-electron chi connectivity index (χ2n) is 3.22. The lowest BCUT2D eigenvalue weighted by Gasteiger charge is -2.04. The number of halogens is 1. The van der Waals surface area contributed by atoms with Gasteiger partial charge in [-0.25, -0.2) is 4.98 Å². The summed E-state index contributed by atoms with van der Waals surface area (Å²) in [5.41, 5.74) is 8.10. The molecule has 0 aliphatic rings. The van der Waals surface area contributed by atoms with E-state index in [-0.39, 0.29) is 6.04 Å². The van der Waals surface area contributed by atoms with Crippen molar-refractivity contribution in [3.8, 4) is 0 Å². The van der Waals surface area contributed by atoms with Crippen molar-refractivity contribution in [2.75, 3.05) is 0 Å². The Kier molecular flexibility index (Phi) is 2.35. The van der Waals surface area contributed by atoms with E-state index in [9.17, 15) is 0 Å². The van der Waals surface area contributed by atoms with Crippen molar-refractivity contribution in [3.63, 3.8) is 0 Å². The lowest BCUT2D eigenvalue weighted by atomic mass is 10.2. The van der Waals surface area contributed by atoms with Gasteiger partial charge in [-0.1, -0.05) is 11.6 Å². The third-order valence-corrected chi connectivity index (χ3v) is 2.22. The second-order valence-corrected chi connectivity index (χ2v) is 3.65. The molecular formula is C10H10ClN3. The zero-order chi connectivity index (χ0) is 10.1. The molecule has 14 heavy (non-hydrogen) atoms. The average molecular weight is 208 g/mol. The molecule has 0 amide bonds. The molecule has 1 aromatic heterocycles. The molecule has 0 fully saturated rings. The Labute approximate surface area is 86.9 Å². The van der Waals surface area contributed by atoms with Gasteiger partial charge >= 0.3 is 0 Å². The summed E-state index contributed by atoms with van der Waals surface area (Å²) in [6.07, 6.45) is 1.70. The number of hydrogen-bond acceptors (Lipinski definition) is 3. The predicted molar refractivity (Wildman–Crippen MR) is 57.2 cm³/mol. The lowest BCUT2D eigenvalue weighted by Crippen LogP contribution is -2.07. The molecule has 2 N–H and O–H groups in total. The fourth-order valence-corrected chi connectivity index (χ4v) is 1.38. The molecule has 1 aromatic carbocycles. The summed E-state index contributed by atoms with van der Waals surface area (Å²) in [5, 5.41) is 0.661. The highest BCUT2D eigenvalue weighted by Crippen LogP contribution is 2.17. The van der Waals surface area contributed by atoms with Crippen molar-refractivity contribution in [3.05, 3.63) is 35.1 Å². The summed E-state index contributed by atoms with van der Waals surface area (Å²) in [6, 6.07) is 5.32. The van der Waals surface area contributed by atoms with Crippen molar-refractivity contribution in [1.82, 2.24) is 9.97 Å². The first-order valence-electron chi connectivity index (χ1n) is 4.34. The van der Waals surface area contributed by atoms with Crippen LogP contribution >= 0.6 is 11.6 Å². The molecule has 0 aliphatic carbocycles. The van der Waals surface area contributed by atoms with Crippen LogP contribution in [-0.4, -0.2) is 9.97 Å².